The van der Waals surface area contributed by atoms with E-state index in [1.54, 1.807) is 11.1 Å². The molecule has 1 aliphatic rings. The fourth-order valence-electron chi connectivity index (χ4n) is 4.14. The highest BCUT2D eigenvalue weighted by molar-refractivity contribution is 5.86. The summed E-state index contributed by atoms with van der Waals surface area (Å²) >= 11 is 0. The first-order valence-electron chi connectivity index (χ1n) is 9.92. The molecule has 0 aliphatic carbocycles. The van der Waals surface area contributed by atoms with Crippen LogP contribution in [-0.4, -0.2) is 50.7 Å². The first-order chi connectivity index (χ1) is 13.8. The van der Waals surface area contributed by atoms with E-state index in [0.29, 0.717) is 12.5 Å². The highest BCUT2D eigenvalue weighted by Gasteiger charge is 2.37. The zero-order valence-electron chi connectivity index (χ0n) is 17.0. The molecule has 1 aliphatic heterocycles. The number of fused-ring (bicyclic) bond motifs is 1. The van der Waals surface area contributed by atoms with Gasteiger partial charge in [0, 0.05) is 30.4 Å². The van der Waals surface area contributed by atoms with Crippen LogP contribution < -0.4 is 4.90 Å². The van der Waals surface area contributed by atoms with Crippen molar-refractivity contribution in [3.8, 4) is 11.3 Å². The summed E-state index contributed by atoms with van der Waals surface area (Å²) in [6.07, 6.45) is 1.67. The molecule has 1 atom stereocenters. The summed E-state index contributed by atoms with van der Waals surface area (Å²) in [5.41, 5.74) is 1.47. The molecule has 0 spiro atoms. The minimum absolute atomic E-state index is 0.0691. The van der Waals surface area contributed by atoms with E-state index in [0.717, 1.165) is 24.2 Å². The molecular weight excluding hydrogens is 364 g/mol. The summed E-state index contributed by atoms with van der Waals surface area (Å²) in [5, 5.41) is 12.1. The summed E-state index contributed by atoms with van der Waals surface area (Å²) in [5.74, 6) is 0.650. The second-order valence-electron chi connectivity index (χ2n) is 8.52. The lowest BCUT2D eigenvalue weighted by molar-refractivity contribution is 0.0762. The Morgan fingerprint density at radius 2 is 1.90 bits per heavy atom. The molecule has 0 radical (unpaired) electrons. The minimum Gasteiger partial charge on any atom is -0.465 e. The lowest BCUT2D eigenvalue weighted by atomic mass is 10.0. The molecule has 29 heavy (non-hydrogen) atoms. The van der Waals surface area contributed by atoms with Gasteiger partial charge in [-0.2, -0.15) is 0 Å². The Morgan fingerprint density at radius 3 is 2.62 bits per heavy atom. The summed E-state index contributed by atoms with van der Waals surface area (Å²) < 4.78 is 0. The van der Waals surface area contributed by atoms with Gasteiger partial charge in [-0.25, -0.2) is 14.8 Å². The van der Waals surface area contributed by atoms with Crippen LogP contribution in [0.2, 0.25) is 0 Å². The van der Waals surface area contributed by atoms with Gasteiger partial charge in [-0.05, 0) is 50.1 Å². The van der Waals surface area contributed by atoms with Gasteiger partial charge in [0.05, 0.1) is 11.7 Å². The van der Waals surface area contributed by atoms with Gasteiger partial charge in [-0.15, -0.1) is 0 Å². The number of carboxylic acid groups (broad SMARTS) is 1. The van der Waals surface area contributed by atoms with E-state index in [4.69, 9.17) is 4.98 Å². The van der Waals surface area contributed by atoms with Crippen LogP contribution in [0.3, 0.4) is 0 Å². The van der Waals surface area contributed by atoms with Crippen molar-refractivity contribution >= 4 is 22.8 Å². The first kappa shape index (κ1) is 19.2. The third-order valence-electron chi connectivity index (χ3n) is 5.43. The van der Waals surface area contributed by atoms with E-state index < -0.39 is 11.6 Å². The Morgan fingerprint density at radius 1 is 1.14 bits per heavy atom. The number of carbonyl (C=O) groups is 1. The van der Waals surface area contributed by atoms with Crippen molar-refractivity contribution < 1.29 is 9.90 Å². The number of rotatable bonds is 3. The van der Waals surface area contributed by atoms with Crippen LogP contribution in [0.25, 0.3) is 22.0 Å². The molecule has 3 aromatic rings. The van der Waals surface area contributed by atoms with Crippen molar-refractivity contribution in [3.63, 3.8) is 0 Å². The Hall–Kier alpha value is -3.15. The topological polar surface area (TPSA) is 69.6 Å². The molecule has 1 amide bonds. The summed E-state index contributed by atoms with van der Waals surface area (Å²) in [7, 11) is 0. The van der Waals surface area contributed by atoms with Gasteiger partial charge in [0.2, 0.25) is 5.95 Å². The average molecular weight is 390 g/mol. The first-order valence-corrected chi connectivity index (χ1v) is 9.92. The Kier molecular flexibility index (Phi) is 4.86. The van der Waals surface area contributed by atoms with Gasteiger partial charge in [0.25, 0.3) is 0 Å². The average Bonchev–Trinajstić information content (AvgIpc) is 3.15. The molecule has 1 saturated heterocycles. The van der Waals surface area contributed by atoms with Gasteiger partial charge >= 0.3 is 6.09 Å². The van der Waals surface area contributed by atoms with E-state index in [1.807, 2.05) is 39.0 Å². The van der Waals surface area contributed by atoms with Crippen molar-refractivity contribution in [2.45, 2.75) is 38.8 Å². The molecule has 0 saturated carbocycles. The maximum atomic E-state index is 11.8. The molecular formula is C23H26N4O2. The summed E-state index contributed by atoms with van der Waals surface area (Å²) in [6, 6.07) is 16.4. The van der Waals surface area contributed by atoms with Crippen LogP contribution in [0.15, 0.2) is 54.7 Å². The number of aromatic nitrogens is 2. The predicted molar refractivity (Wildman–Crippen MR) is 115 cm³/mol. The molecule has 1 aromatic heterocycles. The third kappa shape index (κ3) is 3.88. The van der Waals surface area contributed by atoms with Crippen LogP contribution in [-0.2, 0) is 0 Å². The Labute approximate surface area is 170 Å². The standard InChI is InChI=1S/C23H26N4O2/c1-23(2,3)27(22(28)29)19-11-13-26(15-19)21-24-12-10-20(25-21)18-9-8-16-6-4-5-7-17(16)14-18/h4-10,12,14,19H,11,13,15H2,1-3H3,(H,28,29)/t19-/m1/s1. The SMILES string of the molecule is CC(C)(C)N(C(=O)O)[C@@H]1CCN(c2nccc(-c3ccc4ccccc4c3)n2)C1. The zero-order chi connectivity index (χ0) is 20.6. The summed E-state index contributed by atoms with van der Waals surface area (Å²) in [6.45, 7) is 7.14. The van der Waals surface area contributed by atoms with Crippen LogP contribution in [0.1, 0.15) is 27.2 Å². The summed E-state index contributed by atoms with van der Waals surface area (Å²) in [4.78, 5) is 24.7. The molecule has 4 rings (SSSR count). The van der Waals surface area contributed by atoms with Gasteiger partial charge in [0.15, 0.2) is 0 Å². The van der Waals surface area contributed by atoms with E-state index in [2.05, 4.69) is 40.2 Å². The molecule has 2 aromatic carbocycles. The van der Waals surface area contributed by atoms with Crippen LogP contribution in [0.5, 0.6) is 0 Å². The number of benzene rings is 2. The number of nitrogens with zero attached hydrogens (tertiary/aromatic N) is 4. The van der Waals surface area contributed by atoms with Gasteiger partial charge < -0.3 is 10.0 Å². The highest BCUT2D eigenvalue weighted by atomic mass is 16.4. The zero-order valence-corrected chi connectivity index (χ0v) is 17.0. The molecule has 150 valence electrons. The highest BCUT2D eigenvalue weighted by Crippen LogP contribution is 2.28. The maximum Gasteiger partial charge on any atom is 0.408 e. The van der Waals surface area contributed by atoms with Crippen molar-refractivity contribution in [1.29, 1.82) is 0 Å². The van der Waals surface area contributed by atoms with Crippen molar-refractivity contribution in [2.24, 2.45) is 0 Å². The predicted octanol–water partition coefficient (Wildman–Crippen LogP) is 4.65. The molecule has 2 heterocycles. The number of anilines is 1. The Balaban J connectivity index is 1.58. The lowest BCUT2D eigenvalue weighted by Gasteiger charge is -2.37. The van der Waals surface area contributed by atoms with Gasteiger partial charge in [-0.1, -0.05) is 36.4 Å². The third-order valence-corrected chi connectivity index (χ3v) is 5.43. The van der Waals surface area contributed by atoms with Crippen LogP contribution >= 0.6 is 0 Å². The van der Waals surface area contributed by atoms with E-state index >= 15 is 0 Å². The number of hydrogen-bond acceptors (Lipinski definition) is 4. The second kappa shape index (κ2) is 7.35. The minimum atomic E-state index is -0.879. The van der Waals surface area contributed by atoms with Crippen molar-refractivity contribution in [2.75, 3.05) is 18.0 Å². The van der Waals surface area contributed by atoms with E-state index in [-0.39, 0.29) is 6.04 Å². The molecule has 1 fully saturated rings. The molecule has 0 bridgehead atoms. The lowest BCUT2D eigenvalue weighted by Crippen LogP contribution is -2.52. The monoisotopic (exact) mass is 390 g/mol. The molecule has 0 unspecified atom stereocenters. The fourth-order valence-corrected chi connectivity index (χ4v) is 4.14. The van der Waals surface area contributed by atoms with Crippen molar-refractivity contribution in [3.05, 3.63) is 54.7 Å². The van der Waals surface area contributed by atoms with E-state index in [1.165, 1.54) is 10.8 Å². The largest absolute Gasteiger partial charge is 0.465 e. The fraction of sp³-hybridized carbons (Fsp3) is 0.348. The quantitative estimate of drug-likeness (QED) is 0.705. The normalized spacial score (nSPS) is 16.9. The van der Waals surface area contributed by atoms with Gasteiger partial charge in [-0.3, -0.25) is 4.90 Å². The number of amides is 1. The van der Waals surface area contributed by atoms with Crippen LogP contribution in [0.4, 0.5) is 10.7 Å². The molecule has 6 heteroatoms. The van der Waals surface area contributed by atoms with Gasteiger partial charge in [0.1, 0.15) is 0 Å². The number of hydrogen-bond donors (Lipinski definition) is 1. The maximum absolute atomic E-state index is 11.8. The van der Waals surface area contributed by atoms with Crippen molar-refractivity contribution in [1.82, 2.24) is 14.9 Å². The Bertz CT molecular complexity index is 1040. The molecule has 1 N–H and O–H groups in total. The van der Waals surface area contributed by atoms with E-state index in [9.17, 15) is 9.90 Å². The van der Waals surface area contributed by atoms with Crippen LogP contribution in [0, 0.1) is 0 Å². The molecule has 6 nitrogen and oxygen atoms in total. The smallest absolute Gasteiger partial charge is 0.408 e. The second-order valence-corrected chi connectivity index (χ2v) is 8.52.